The van der Waals surface area contributed by atoms with Crippen LogP contribution in [0.15, 0.2) is 0 Å². The Balaban J connectivity index is -0.0000000200. The molecule has 0 saturated carbocycles. The van der Waals surface area contributed by atoms with Crippen LogP contribution in [0.5, 0.6) is 0 Å². The predicted octanol–water partition coefficient (Wildman–Crippen LogP) is -0.623. The molecule has 2 radical (unpaired) electrons. The first-order valence-corrected chi connectivity index (χ1v) is 3.58. The molecule has 5 heavy (non-hydrogen) atoms. The van der Waals surface area contributed by atoms with Crippen molar-refractivity contribution in [3.8, 4) is 0 Å². The van der Waals surface area contributed by atoms with Crippen molar-refractivity contribution in [2.24, 2.45) is 0 Å². The molecular formula is IrO2PbTa. The summed E-state index contributed by atoms with van der Waals surface area (Å²) < 4.78 is 17.1. The zero-order valence-corrected chi connectivity index (χ0v) is 11.6. The summed E-state index contributed by atoms with van der Waals surface area (Å²) in [5.41, 5.74) is 0. The second-order valence-electron chi connectivity index (χ2n) is 0.0833. The average Bonchev–Trinajstić information content (AvgIpc) is 0.918. The first-order valence-electron chi connectivity index (χ1n) is 0.408. The molecule has 0 bridgehead atoms. The predicted molar refractivity (Wildman–Crippen MR) is 7.13 cm³/mol. The molecule has 0 spiro atoms. The smallest absolute Gasteiger partial charge is 0 e. The van der Waals surface area contributed by atoms with E-state index in [9.17, 15) is 0 Å². The van der Waals surface area contributed by atoms with Crippen LogP contribution in [-0.4, -0.2) is 24.3 Å². The van der Waals surface area contributed by atoms with Crippen LogP contribution < -0.4 is 0 Å². The van der Waals surface area contributed by atoms with E-state index in [1.807, 2.05) is 0 Å². The van der Waals surface area contributed by atoms with Crippen LogP contribution in [0.2, 0.25) is 0 Å². The monoisotopic (exact) mass is 614 g/mol. The molecule has 0 heterocycles. The topological polar surface area (TPSA) is 34.1 Å². The molecular weight excluding hydrogens is 612 g/mol. The Bertz CT molecular complexity index is 30.6. The first kappa shape index (κ1) is 15.8. The maximum Gasteiger partial charge on any atom is 0 e. The van der Waals surface area contributed by atoms with Crippen molar-refractivity contribution >= 4 is 24.3 Å². The molecule has 0 atom stereocenters. The molecule has 0 aromatic rings. The molecule has 0 aliphatic rings. The van der Waals surface area contributed by atoms with Gasteiger partial charge in [-0.05, 0) is 0 Å². The van der Waals surface area contributed by atoms with Crippen molar-refractivity contribution in [2.45, 2.75) is 0 Å². The minimum atomic E-state index is -2.42. The third kappa shape index (κ3) is 24.8. The fourth-order valence-corrected chi connectivity index (χ4v) is 0. The van der Waals surface area contributed by atoms with Crippen LogP contribution in [-0.2, 0) is 47.9 Å². The van der Waals surface area contributed by atoms with Crippen LogP contribution in [0.1, 0.15) is 0 Å². The van der Waals surface area contributed by atoms with Gasteiger partial charge < -0.3 is 0 Å². The minimum Gasteiger partial charge on any atom is 0 e. The molecule has 30 valence electrons. The van der Waals surface area contributed by atoms with E-state index in [-0.39, 0.29) is 42.5 Å². The van der Waals surface area contributed by atoms with Crippen molar-refractivity contribution in [3.63, 3.8) is 0 Å². The van der Waals surface area contributed by atoms with Gasteiger partial charge in [0.2, 0.25) is 0 Å². The van der Waals surface area contributed by atoms with E-state index in [4.69, 9.17) is 5.37 Å². The molecule has 0 N–H and O–H groups in total. The van der Waals surface area contributed by atoms with Gasteiger partial charge in [-0.15, -0.1) is 0 Å². The molecule has 5 heteroatoms. The van der Waals surface area contributed by atoms with Crippen molar-refractivity contribution < 1.29 is 47.9 Å². The Kier molecular flexibility index (Phi) is 53.1. The summed E-state index contributed by atoms with van der Waals surface area (Å²) >= 11 is -2.42. The summed E-state index contributed by atoms with van der Waals surface area (Å²) in [4.78, 5) is 0. The van der Waals surface area contributed by atoms with Crippen LogP contribution >= 0.6 is 0 Å². The Labute approximate surface area is 71.1 Å². The summed E-state index contributed by atoms with van der Waals surface area (Å²) in [5, 5.41) is 0. The number of hydrogen-bond acceptors (Lipinski definition) is 2. The molecule has 0 amide bonds. The zero-order chi connectivity index (χ0) is 2.71. The SMILES string of the molecule is [Ir].[O]=[Pb]=[O].[Ta]. The fourth-order valence-electron chi connectivity index (χ4n) is 0. The van der Waals surface area contributed by atoms with Crippen molar-refractivity contribution in [2.75, 3.05) is 0 Å². The fraction of sp³-hybridized carbons (Fsp3) is 0. The van der Waals surface area contributed by atoms with Gasteiger partial charge >= 0.3 is 29.6 Å². The molecule has 0 aromatic carbocycles. The van der Waals surface area contributed by atoms with E-state index < -0.39 is 24.3 Å². The van der Waals surface area contributed by atoms with Gasteiger partial charge in [-0.2, -0.15) is 0 Å². The third-order valence-electron chi connectivity index (χ3n) is 0. The van der Waals surface area contributed by atoms with Gasteiger partial charge in [0.05, 0.1) is 0 Å². The van der Waals surface area contributed by atoms with E-state index >= 15 is 0 Å². The third-order valence-corrected chi connectivity index (χ3v) is 0. The quantitative estimate of drug-likeness (QED) is 0.342. The van der Waals surface area contributed by atoms with Gasteiger partial charge in [0.15, 0.2) is 0 Å². The van der Waals surface area contributed by atoms with Crippen LogP contribution in [0.3, 0.4) is 0 Å². The van der Waals surface area contributed by atoms with Gasteiger partial charge in [-0.3, -0.25) is 0 Å². The minimum absolute atomic E-state index is 0. The van der Waals surface area contributed by atoms with Gasteiger partial charge in [0.1, 0.15) is 0 Å². The van der Waals surface area contributed by atoms with Crippen LogP contribution in [0, 0.1) is 0 Å². The normalized spacial score (nSPS) is 1.60. The van der Waals surface area contributed by atoms with E-state index in [0.29, 0.717) is 0 Å². The van der Waals surface area contributed by atoms with Gasteiger partial charge in [-0.25, -0.2) is 0 Å². The summed E-state index contributed by atoms with van der Waals surface area (Å²) in [6, 6.07) is 0. The zero-order valence-electron chi connectivity index (χ0n) is 2.10. The maximum absolute atomic E-state index is 8.57. The summed E-state index contributed by atoms with van der Waals surface area (Å²) in [5.74, 6) is 0. The standard InChI is InChI=1S/Ir.2O.Pb.Ta. The van der Waals surface area contributed by atoms with Crippen molar-refractivity contribution in [1.82, 2.24) is 0 Å². The summed E-state index contributed by atoms with van der Waals surface area (Å²) in [6.45, 7) is 0. The second-order valence-corrected chi connectivity index (χ2v) is 0.731. The average molecular weight is 612 g/mol. The molecule has 2 nitrogen and oxygen atoms in total. The Hall–Kier alpha value is 1.91. The molecule has 0 aliphatic carbocycles. The van der Waals surface area contributed by atoms with Crippen LogP contribution in [0.4, 0.5) is 0 Å². The Morgan fingerprint density at radius 3 is 1.20 bits per heavy atom. The number of rotatable bonds is 0. The molecule has 0 saturated heterocycles. The first-order chi connectivity index (χ1) is 1.41. The molecule has 0 unspecified atom stereocenters. The van der Waals surface area contributed by atoms with Gasteiger partial charge in [-0.1, -0.05) is 0 Å². The summed E-state index contributed by atoms with van der Waals surface area (Å²) in [6.07, 6.45) is 0. The van der Waals surface area contributed by atoms with Gasteiger partial charge in [0, 0.05) is 42.5 Å². The molecule has 0 aliphatic heterocycles. The van der Waals surface area contributed by atoms with Crippen LogP contribution in [0.25, 0.3) is 0 Å². The Morgan fingerprint density at radius 1 is 1.20 bits per heavy atom. The molecule has 0 rings (SSSR count). The largest absolute Gasteiger partial charge is 0 e. The van der Waals surface area contributed by atoms with Crippen molar-refractivity contribution in [1.29, 1.82) is 0 Å². The summed E-state index contributed by atoms with van der Waals surface area (Å²) in [7, 11) is 0. The Morgan fingerprint density at radius 2 is 1.20 bits per heavy atom. The van der Waals surface area contributed by atoms with Gasteiger partial charge in [0.25, 0.3) is 0 Å². The maximum atomic E-state index is 8.57. The molecule has 0 aromatic heterocycles. The van der Waals surface area contributed by atoms with E-state index in [1.165, 1.54) is 0 Å². The van der Waals surface area contributed by atoms with E-state index in [0.717, 1.165) is 0 Å². The van der Waals surface area contributed by atoms with E-state index in [1.54, 1.807) is 0 Å². The second kappa shape index (κ2) is 16.8. The van der Waals surface area contributed by atoms with Crippen molar-refractivity contribution in [3.05, 3.63) is 0 Å². The molecule has 0 fully saturated rings. The number of hydrogen-bond donors (Lipinski definition) is 0. The van der Waals surface area contributed by atoms with E-state index in [2.05, 4.69) is 0 Å².